The van der Waals surface area contributed by atoms with Crippen LogP contribution in [0.5, 0.6) is 11.5 Å². The minimum atomic E-state index is 0.642. The van der Waals surface area contributed by atoms with E-state index in [0.717, 1.165) is 39.0 Å². The Balaban J connectivity index is 1.86. The Bertz CT molecular complexity index is 1100. The first kappa shape index (κ1) is 17.5. The third-order valence-corrected chi connectivity index (χ3v) is 5.41. The van der Waals surface area contributed by atoms with Crippen molar-refractivity contribution in [2.45, 2.75) is 27.3 Å². The van der Waals surface area contributed by atoms with E-state index in [1.807, 2.05) is 29.8 Å². The lowest BCUT2D eigenvalue weighted by Gasteiger charge is -2.06. The summed E-state index contributed by atoms with van der Waals surface area (Å²) in [6.07, 6.45) is 0. The van der Waals surface area contributed by atoms with Crippen molar-refractivity contribution in [1.29, 1.82) is 0 Å². The van der Waals surface area contributed by atoms with E-state index in [0.29, 0.717) is 17.3 Å². The maximum absolute atomic E-state index is 5.36. The summed E-state index contributed by atoms with van der Waals surface area (Å²) < 4.78 is 14.5. The van der Waals surface area contributed by atoms with Gasteiger partial charge in [0.2, 0.25) is 4.96 Å². The highest BCUT2D eigenvalue weighted by atomic mass is 32.1. The lowest BCUT2D eigenvalue weighted by atomic mass is 10.2. The Hall–Kier alpha value is -2.94. The van der Waals surface area contributed by atoms with Crippen molar-refractivity contribution in [1.82, 2.24) is 29.6 Å². The monoisotopic (exact) mass is 384 g/mol. The molecule has 9 heteroatoms. The zero-order valence-corrected chi connectivity index (χ0v) is 16.7. The number of ether oxygens (including phenoxy) is 2. The molecule has 3 aromatic heterocycles. The van der Waals surface area contributed by atoms with Gasteiger partial charge in [-0.2, -0.15) is 14.7 Å². The van der Waals surface area contributed by atoms with Crippen LogP contribution in [0.3, 0.4) is 0 Å². The van der Waals surface area contributed by atoms with Crippen molar-refractivity contribution in [2.75, 3.05) is 14.2 Å². The van der Waals surface area contributed by atoms with Crippen LogP contribution in [0.2, 0.25) is 0 Å². The lowest BCUT2D eigenvalue weighted by Crippen LogP contribution is -1.98. The van der Waals surface area contributed by atoms with Crippen molar-refractivity contribution in [3.8, 4) is 33.5 Å². The summed E-state index contributed by atoms with van der Waals surface area (Å²) in [6.45, 7) is 6.97. The second kappa shape index (κ2) is 6.66. The number of benzene rings is 1. The summed E-state index contributed by atoms with van der Waals surface area (Å²) in [4.78, 5) is 0.727. The zero-order valence-electron chi connectivity index (χ0n) is 15.8. The molecule has 0 N–H and O–H groups in total. The number of hydrogen-bond donors (Lipinski definition) is 0. The quantitative estimate of drug-likeness (QED) is 0.525. The maximum atomic E-state index is 5.36. The molecule has 0 aliphatic rings. The first-order valence-electron chi connectivity index (χ1n) is 8.55. The molecule has 140 valence electrons. The van der Waals surface area contributed by atoms with Crippen molar-refractivity contribution in [2.24, 2.45) is 0 Å². The fourth-order valence-electron chi connectivity index (χ4n) is 3.15. The number of methoxy groups -OCH3 is 2. The Morgan fingerprint density at radius 1 is 1.00 bits per heavy atom. The van der Waals surface area contributed by atoms with Crippen LogP contribution in [0.1, 0.15) is 18.3 Å². The molecule has 0 aliphatic carbocycles. The van der Waals surface area contributed by atoms with Gasteiger partial charge in [-0.1, -0.05) is 11.3 Å². The van der Waals surface area contributed by atoms with E-state index in [9.17, 15) is 0 Å². The molecule has 0 saturated carbocycles. The van der Waals surface area contributed by atoms with E-state index in [4.69, 9.17) is 14.6 Å². The van der Waals surface area contributed by atoms with Crippen LogP contribution in [0.15, 0.2) is 18.2 Å². The maximum Gasteiger partial charge on any atom is 0.235 e. The van der Waals surface area contributed by atoms with E-state index in [1.165, 1.54) is 11.3 Å². The van der Waals surface area contributed by atoms with Crippen molar-refractivity contribution >= 4 is 16.3 Å². The molecule has 0 bridgehead atoms. The van der Waals surface area contributed by atoms with Crippen LogP contribution < -0.4 is 9.47 Å². The molecule has 0 aliphatic heterocycles. The van der Waals surface area contributed by atoms with Crippen molar-refractivity contribution < 1.29 is 9.47 Å². The summed E-state index contributed by atoms with van der Waals surface area (Å²) >= 11 is 1.50. The summed E-state index contributed by atoms with van der Waals surface area (Å²) in [7, 11) is 3.24. The predicted molar refractivity (Wildman–Crippen MR) is 104 cm³/mol. The third-order valence-electron chi connectivity index (χ3n) is 4.50. The minimum absolute atomic E-state index is 0.642. The number of aryl methyl sites for hydroxylation is 2. The van der Waals surface area contributed by atoms with Crippen LogP contribution in [0, 0.1) is 13.8 Å². The lowest BCUT2D eigenvalue weighted by molar-refractivity contribution is 0.394. The summed E-state index contributed by atoms with van der Waals surface area (Å²) in [5.41, 5.74) is 3.95. The minimum Gasteiger partial charge on any atom is -0.497 e. The van der Waals surface area contributed by atoms with Gasteiger partial charge >= 0.3 is 0 Å². The molecule has 27 heavy (non-hydrogen) atoms. The smallest absolute Gasteiger partial charge is 0.235 e. The highest BCUT2D eigenvalue weighted by molar-refractivity contribution is 7.19. The molecule has 0 saturated heterocycles. The molecule has 0 spiro atoms. The van der Waals surface area contributed by atoms with Gasteiger partial charge in [0.05, 0.1) is 25.5 Å². The van der Waals surface area contributed by atoms with Crippen LogP contribution in [0.25, 0.3) is 26.9 Å². The standard InChI is InChI=1S/C18H20N6O2S/c1-6-23-11(3)15(10(2)21-23)17-22-24-16(19-20-18(24)27-17)12-7-13(25-4)9-14(8-12)26-5/h7-9H,6H2,1-5H3. The Morgan fingerprint density at radius 3 is 2.30 bits per heavy atom. The van der Waals surface area contributed by atoms with Gasteiger partial charge in [0.15, 0.2) is 10.8 Å². The predicted octanol–water partition coefficient (Wildman–Crippen LogP) is 3.37. The average molecular weight is 384 g/mol. The summed E-state index contributed by atoms with van der Waals surface area (Å²) in [5.74, 6) is 2.02. The average Bonchev–Trinajstić information content (AvgIpc) is 3.33. The molecule has 4 rings (SSSR count). The fourth-order valence-corrected chi connectivity index (χ4v) is 4.14. The van der Waals surface area contributed by atoms with E-state index >= 15 is 0 Å². The number of hydrogen-bond acceptors (Lipinski definition) is 7. The van der Waals surface area contributed by atoms with Crippen LogP contribution in [-0.4, -0.2) is 43.8 Å². The molecule has 0 amide bonds. The van der Waals surface area contributed by atoms with Gasteiger partial charge in [0.1, 0.15) is 11.5 Å². The Labute approximate surface area is 160 Å². The molecule has 0 fully saturated rings. The SMILES string of the molecule is CCn1nc(C)c(-c2nn3c(-c4cc(OC)cc(OC)c4)nnc3s2)c1C. The zero-order chi connectivity index (χ0) is 19.1. The molecule has 4 aromatic rings. The first-order chi connectivity index (χ1) is 13.0. The van der Waals surface area contributed by atoms with Gasteiger partial charge in [0.25, 0.3) is 0 Å². The molecule has 0 radical (unpaired) electrons. The number of fused-ring (bicyclic) bond motifs is 1. The molecule has 0 atom stereocenters. The topological polar surface area (TPSA) is 79.4 Å². The molecule has 1 aromatic carbocycles. The Morgan fingerprint density at radius 2 is 1.70 bits per heavy atom. The summed E-state index contributed by atoms with van der Waals surface area (Å²) in [5, 5.41) is 18.9. The highest BCUT2D eigenvalue weighted by Crippen LogP contribution is 2.34. The third kappa shape index (κ3) is 2.84. The normalized spacial score (nSPS) is 11.3. The van der Waals surface area contributed by atoms with Crippen molar-refractivity contribution in [3.05, 3.63) is 29.6 Å². The molecular weight excluding hydrogens is 364 g/mol. The second-order valence-corrected chi connectivity index (χ2v) is 7.04. The van der Waals surface area contributed by atoms with Gasteiger partial charge in [0, 0.05) is 23.9 Å². The molecule has 0 unspecified atom stereocenters. The van der Waals surface area contributed by atoms with Gasteiger partial charge in [-0.3, -0.25) is 4.68 Å². The van der Waals surface area contributed by atoms with Crippen molar-refractivity contribution in [3.63, 3.8) is 0 Å². The van der Waals surface area contributed by atoms with E-state index in [-0.39, 0.29) is 0 Å². The number of rotatable bonds is 5. The number of nitrogens with zero attached hydrogens (tertiary/aromatic N) is 6. The molecular formula is C18H20N6O2S. The van der Waals surface area contributed by atoms with Crippen LogP contribution in [-0.2, 0) is 6.54 Å². The number of aromatic nitrogens is 6. The molecule has 3 heterocycles. The largest absolute Gasteiger partial charge is 0.497 e. The van der Waals surface area contributed by atoms with Gasteiger partial charge in [-0.05, 0) is 32.9 Å². The fraction of sp³-hybridized carbons (Fsp3) is 0.333. The Kier molecular flexibility index (Phi) is 4.31. The van der Waals surface area contributed by atoms with Gasteiger partial charge in [-0.15, -0.1) is 10.2 Å². The van der Waals surface area contributed by atoms with Gasteiger partial charge < -0.3 is 9.47 Å². The summed E-state index contributed by atoms with van der Waals surface area (Å²) in [6, 6.07) is 5.60. The van der Waals surface area contributed by atoms with Gasteiger partial charge in [-0.25, -0.2) is 0 Å². The van der Waals surface area contributed by atoms with E-state index in [1.54, 1.807) is 18.7 Å². The van der Waals surface area contributed by atoms with Crippen LogP contribution in [0.4, 0.5) is 0 Å². The van der Waals surface area contributed by atoms with E-state index < -0.39 is 0 Å². The first-order valence-corrected chi connectivity index (χ1v) is 9.37. The molecule has 8 nitrogen and oxygen atoms in total. The van der Waals surface area contributed by atoms with E-state index in [2.05, 4.69) is 29.1 Å². The van der Waals surface area contributed by atoms with Crippen LogP contribution >= 0.6 is 11.3 Å². The highest BCUT2D eigenvalue weighted by Gasteiger charge is 2.20. The second-order valence-electron chi connectivity index (χ2n) is 6.09.